The quantitative estimate of drug-likeness (QED) is 0.645. The van der Waals surface area contributed by atoms with Crippen LogP contribution >= 0.6 is 0 Å². The Morgan fingerprint density at radius 2 is 1.62 bits per heavy atom. The summed E-state index contributed by atoms with van der Waals surface area (Å²) in [7, 11) is -7.61. The van der Waals surface area contributed by atoms with E-state index in [1.165, 1.54) is 36.4 Å². The van der Waals surface area contributed by atoms with Gasteiger partial charge >= 0.3 is 10.1 Å². The highest BCUT2D eigenvalue weighted by molar-refractivity contribution is 7.92. The fourth-order valence-corrected chi connectivity index (χ4v) is 3.94. The molecule has 0 bridgehead atoms. The zero-order chi connectivity index (χ0) is 18.9. The SMILES string of the molecule is CS(=O)(=O)Oc1ccc(S(=O)(=O)Nc2cccc3ccc(O)cc23)cc1. The highest BCUT2D eigenvalue weighted by atomic mass is 32.2. The predicted molar refractivity (Wildman–Crippen MR) is 98.3 cm³/mol. The lowest BCUT2D eigenvalue weighted by atomic mass is 10.1. The molecule has 26 heavy (non-hydrogen) atoms. The number of hydrogen-bond donors (Lipinski definition) is 2. The number of nitrogens with one attached hydrogen (secondary N) is 1. The van der Waals surface area contributed by atoms with Crippen molar-refractivity contribution in [1.82, 2.24) is 0 Å². The zero-order valence-electron chi connectivity index (χ0n) is 13.6. The van der Waals surface area contributed by atoms with Crippen molar-refractivity contribution in [2.24, 2.45) is 0 Å². The summed E-state index contributed by atoms with van der Waals surface area (Å²) in [6.07, 6.45) is 0.898. The minimum absolute atomic E-state index is 0.0153. The zero-order valence-corrected chi connectivity index (χ0v) is 15.2. The van der Waals surface area contributed by atoms with Gasteiger partial charge in [-0.1, -0.05) is 18.2 Å². The van der Waals surface area contributed by atoms with Crippen LogP contribution in [0.3, 0.4) is 0 Å². The second-order valence-electron chi connectivity index (χ2n) is 5.58. The largest absolute Gasteiger partial charge is 0.508 e. The average Bonchev–Trinajstić information content (AvgIpc) is 2.54. The molecule has 2 N–H and O–H groups in total. The van der Waals surface area contributed by atoms with Gasteiger partial charge in [0, 0.05) is 5.39 Å². The summed E-state index contributed by atoms with van der Waals surface area (Å²) in [6, 6.07) is 14.7. The molecule has 0 amide bonds. The smallest absolute Gasteiger partial charge is 0.306 e. The second-order valence-corrected chi connectivity index (χ2v) is 8.83. The van der Waals surface area contributed by atoms with Crippen LogP contribution in [0.4, 0.5) is 5.69 Å². The van der Waals surface area contributed by atoms with Crippen LogP contribution in [0.1, 0.15) is 0 Å². The first kappa shape index (κ1) is 18.0. The maximum atomic E-state index is 12.6. The maximum absolute atomic E-state index is 12.6. The van der Waals surface area contributed by atoms with E-state index in [0.717, 1.165) is 11.6 Å². The number of hydrogen-bond acceptors (Lipinski definition) is 6. The van der Waals surface area contributed by atoms with Gasteiger partial charge in [0.25, 0.3) is 10.0 Å². The van der Waals surface area contributed by atoms with Gasteiger partial charge in [0.1, 0.15) is 11.5 Å². The van der Waals surface area contributed by atoms with Crippen LogP contribution in [0.25, 0.3) is 10.8 Å². The number of phenolic OH excluding ortho intramolecular Hbond substituents is 1. The summed E-state index contributed by atoms with van der Waals surface area (Å²) < 4.78 is 54.6. The van der Waals surface area contributed by atoms with Crippen LogP contribution in [-0.2, 0) is 20.1 Å². The summed E-state index contributed by atoms with van der Waals surface area (Å²) in [4.78, 5) is -0.0597. The van der Waals surface area contributed by atoms with E-state index in [0.29, 0.717) is 11.1 Å². The van der Waals surface area contributed by atoms with Crippen molar-refractivity contribution in [2.45, 2.75) is 4.90 Å². The van der Waals surface area contributed by atoms with Crippen LogP contribution in [0.15, 0.2) is 65.6 Å². The highest BCUT2D eigenvalue weighted by Gasteiger charge is 2.16. The lowest BCUT2D eigenvalue weighted by molar-refractivity contribution is 0.476. The Labute approximate surface area is 151 Å². The molecule has 0 fully saturated rings. The van der Waals surface area contributed by atoms with Gasteiger partial charge in [-0.25, -0.2) is 8.42 Å². The molecule has 0 saturated carbocycles. The van der Waals surface area contributed by atoms with Gasteiger partial charge < -0.3 is 9.29 Å². The summed E-state index contributed by atoms with van der Waals surface area (Å²) in [5, 5.41) is 11.0. The number of phenols is 1. The molecule has 0 spiro atoms. The normalized spacial score (nSPS) is 12.0. The van der Waals surface area contributed by atoms with Crippen molar-refractivity contribution >= 4 is 36.6 Å². The van der Waals surface area contributed by atoms with Crippen LogP contribution in [-0.4, -0.2) is 28.2 Å². The highest BCUT2D eigenvalue weighted by Crippen LogP contribution is 2.29. The Bertz CT molecular complexity index is 1170. The van der Waals surface area contributed by atoms with E-state index in [4.69, 9.17) is 0 Å². The molecule has 0 unspecified atom stereocenters. The molecule has 3 rings (SSSR count). The van der Waals surface area contributed by atoms with Gasteiger partial charge in [-0.2, -0.15) is 8.42 Å². The molecule has 0 radical (unpaired) electrons. The first-order valence-corrected chi connectivity index (χ1v) is 10.7. The molecule has 3 aromatic rings. The van der Waals surface area contributed by atoms with Crippen molar-refractivity contribution in [3.8, 4) is 11.5 Å². The summed E-state index contributed by atoms with van der Waals surface area (Å²) in [5.74, 6) is 0.0351. The summed E-state index contributed by atoms with van der Waals surface area (Å²) in [5.41, 5.74) is 0.315. The predicted octanol–water partition coefficient (Wildman–Crippen LogP) is 2.68. The number of rotatable bonds is 5. The van der Waals surface area contributed by atoms with E-state index in [1.807, 2.05) is 0 Å². The third-order valence-electron chi connectivity index (χ3n) is 3.49. The molecule has 0 aliphatic heterocycles. The Hall–Kier alpha value is -2.78. The maximum Gasteiger partial charge on any atom is 0.306 e. The first-order valence-electron chi connectivity index (χ1n) is 7.38. The Morgan fingerprint density at radius 3 is 2.27 bits per heavy atom. The number of aromatic hydroxyl groups is 1. The van der Waals surface area contributed by atoms with E-state index >= 15 is 0 Å². The van der Waals surface area contributed by atoms with Crippen molar-refractivity contribution < 1.29 is 26.1 Å². The number of sulfonamides is 1. The van der Waals surface area contributed by atoms with Crippen LogP contribution in [0.2, 0.25) is 0 Å². The Morgan fingerprint density at radius 1 is 0.923 bits per heavy atom. The number of anilines is 1. The first-order chi connectivity index (χ1) is 12.1. The van der Waals surface area contributed by atoms with Gasteiger partial charge in [0.15, 0.2) is 0 Å². The third kappa shape index (κ3) is 4.06. The van der Waals surface area contributed by atoms with E-state index in [1.54, 1.807) is 24.3 Å². The molecular formula is C17H15NO6S2. The molecular weight excluding hydrogens is 378 g/mol. The molecule has 0 heterocycles. The van der Waals surface area contributed by atoms with Gasteiger partial charge in [-0.3, -0.25) is 4.72 Å². The fraction of sp³-hybridized carbons (Fsp3) is 0.0588. The third-order valence-corrected chi connectivity index (χ3v) is 5.37. The van der Waals surface area contributed by atoms with Gasteiger partial charge in [0.05, 0.1) is 16.8 Å². The minimum atomic E-state index is -3.91. The molecule has 9 heteroatoms. The number of benzene rings is 3. The van der Waals surface area contributed by atoms with Crippen LogP contribution in [0.5, 0.6) is 11.5 Å². The molecule has 3 aromatic carbocycles. The van der Waals surface area contributed by atoms with E-state index < -0.39 is 20.1 Å². The minimum Gasteiger partial charge on any atom is -0.508 e. The molecule has 0 atom stereocenters. The molecule has 0 aliphatic rings. The lowest BCUT2D eigenvalue weighted by Crippen LogP contribution is -2.13. The van der Waals surface area contributed by atoms with Crippen molar-refractivity contribution in [3.05, 3.63) is 60.7 Å². The van der Waals surface area contributed by atoms with Crippen molar-refractivity contribution in [3.63, 3.8) is 0 Å². The standard InChI is InChI=1S/C17H15NO6S2/c1-25(20,21)24-14-7-9-15(10-8-14)26(22,23)18-17-4-2-3-12-5-6-13(19)11-16(12)17/h2-11,18-19H,1H3. The van der Waals surface area contributed by atoms with Gasteiger partial charge in [-0.05, 0) is 47.9 Å². The number of fused-ring (bicyclic) bond motifs is 1. The van der Waals surface area contributed by atoms with E-state index in [9.17, 15) is 21.9 Å². The summed E-state index contributed by atoms with van der Waals surface area (Å²) in [6.45, 7) is 0. The van der Waals surface area contributed by atoms with E-state index in [2.05, 4.69) is 8.91 Å². The topological polar surface area (TPSA) is 110 Å². The van der Waals surface area contributed by atoms with Crippen molar-refractivity contribution in [1.29, 1.82) is 0 Å². The lowest BCUT2D eigenvalue weighted by Gasteiger charge is -2.11. The molecule has 0 aliphatic carbocycles. The van der Waals surface area contributed by atoms with Gasteiger partial charge in [0.2, 0.25) is 0 Å². The Balaban J connectivity index is 1.93. The Kier molecular flexibility index (Phi) is 4.51. The van der Waals surface area contributed by atoms with Crippen molar-refractivity contribution in [2.75, 3.05) is 11.0 Å². The summed E-state index contributed by atoms with van der Waals surface area (Å²) >= 11 is 0. The monoisotopic (exact) mass is 393 g/mol. The van der Waals surface area contributed by atoms with Gasteiger partial charge in [-0.15, -0.1) is 0 Å². The average molecular weight is 393 g/mol. The van der Waals surface area contributed by atoms with Crippen LogP contribution in [0, 0.1) is 0 Å². The van der Waals surface area contributed by atoms with Crippen LogP contribution < -0.4 is 8.91 Å². The molecule has 7 nitrogen and oxygen atoms in total. The molecule has 0 aromatic heterocycles. The van der Waals surface area contributed by atoms with E-state index in [-0.39, 0.29) is 16.4 Å². The fourth-order valence-electron chi connectivity index (χ4n) is 2.40. The molecule has 136 valence electrons. The second kappa shape index (κ2) is 6.50. The molecule has 0 saturated heterocycles.